The maximum Gasteiger partial charge on any atom is 0.247 e. The van der Waals surface area contributed by atoms with Gasteiger partial charge < -0.3 is 9.47 Å². The Bertz CT molecular complexity index is 859. The molecule has 0 saturated carbocycles. The molecule has 2 fully saturated rings. The van der Waals surface area contributed by atoms with Gasteiger partial charge in [0.2, 0.25) is 10.0 Å². The largest absolute Gasteiger partial charge is 0.495 e. The van der Waals surface area contributed by atoms with Crippen molar-refractivity contribution in [1.82, 2.24) is 4.31 Å². The minimum Gasteiger partial charge on any atom is -0.495 e. The van der Waals surface area contributed by atoms with Crippen molar-refractivity contribution in [3.63, 3.8) is 0 Å². The molecule has 1 aromatic rings. The van der Waals surface area contributed by atoms with Crippen molar-refractivity contribution in [3.05, 3.63) is 23.8 Å². The highest BCUT2D eigenvalue weighted by molar-refractivity contribution is 7.92. The van der Waals surface area contributed by atoms with Gasteiger partial charge in [0.25, 0.3) is 0 Å². The van der Waals surface area contributed by atoms with Gasteiger partial charge >= 0.3 is 0 Å². The Morgan fingerprint density at radius 1 is 1.31 bits per heavy atom. The molecule has 2 heterocycles. The quantitative estimate of drug-likeness (QED) is 0.712. The summed E-state index contributed by atoms with van der Waals surface area (Å²) in [6, 6.07) is 4.40. The van der Waals surface area contributed by atoms with Crippen LogP contribution < -0.4 is 4.74 Å². The summed E-state index contributed by atoms with van der Waals surface area (Å²) in [7, 11) is -5.72. The Morgan fingerprint density at radius 3 is 2.65 bits per heavy atom. The second-order valence-electron chi connectivity index (χ2n) is 6.92. The van der Waals surface area contributed by atoms with E-state index in [0.717, 1.165) is 18.4 Å². The number of benzene rings is 1. The second-order valence-corrected chi connectivity index (χ2v) is 11.0. The highest BCUT2D eigenvalue weighted by Gasteiger charge is 2.41. The molecule has 2 aliphatic rings. The van der Waals surface area contributed by atoms with E-state index in [4.69, 9.17) is 9.47 Å². The average Bonchev–Trinajstić information content (AvgIpc) is 3.21. The highest BCUT2D eigenvalue weighted by atomic mass is 32.2. The molecule has 0 radical (unpaired) electrons. The summed E-state index contributed by atoms with van der Waals surface area (Å²) in [5, 5.41) is 0. The average molecular weight is 404 g/mol. The minimum atomic E-state index is -3.92. The van der Waals surface area contributed by atoms with Crippen LogP contribution >= 0.6 is 0 Å². The maximum absolute atomic E-state index is 13.4. The highest BCUT2D eigenvalue weighted by Crippen LogP contribution is 2.32. The molecule has 0 amide bonds. The molecule has 26 heavy (non-hydrogen) atoms. The number of sulfone groups is 1. The van der Waals surface area contributed by atoms with Crippen LogP contribution in [-0.2, 0) is 24.6 Å². The molecule has 9 heteroatoms. The monoisotopic (exact) mass is 403 g/mol. The zero-order chi connectivity index (χ0) is 18.9. The number of methoxy groups -OCH3 is 1. The molecule has 2 aliphatic heterocycles. The first-order valence-electron chi connectivity index (χ1n) is 8.71. The van der Waals surface area contributed by atoms with Crippen molar-refractivity contribution in [1.29, 1.82) is 0 Å². The smallest absolute Gasteiger partial charge is 0.247 e. The molecule has 2 atom stereocenters. The van der Waals surface area contributed by atoms with Gasteiger partial charge in [-0.2, -0.15) is 4.31 Å². The van der Waals surface area contributed by atoms with Gasteiger partial charge in [-0.05, 0) is 43.9 Å². The number of ether oxygens (including phenoxy) is 2. The van der Waals surface area contributed by atoms with Gasteiger partial charge in [-0.15, -0.1) is 0 Å². The Kier molecular flexibility index (Phi) is 5.62. The molecule has 1 aromatic carbocycles. The first-order chi connectivity index (χ1) is 12.2. The van der Waals surface area contributed by atoms with E-state index < -0.39 is 25.9 Å². The molecule has 0 spiro atoms. The van der Waals surface area contributed by atoms with Crippen molar-refractivity contribution in [2.45, 2.75) is 43.2 Å². The van der Waals surface area contributed by atoms with Gasteiger partial charge in [-0.25, -0.2) is 16.8 Å². The number of hydrogen-bond donors (Lipinski definition) is 0. The summed E-state index contributed by atoms with van der Waals surface area (Å²) >= 11 is 0. The Hall–Kier alpha value is -1.16. The predicted molar refractivity (Wildman–Crippen MR) is 97.7 cm³/mol. The summed E-state index contributed by atoms with van der Waals surface area (Å²) < 4.78 is 63.0. The van der Waals surface area contributed by atoms with Crippen LogP contribution in [0.1, 0.15) is 24.8 Å². The van der Waals surface area contributed by atoms with Crippen LogP contribution in [0, 0.1) is 6.92 Å². The van der Waals surface area contributed by atoms with E-state index in [9.17, 15) is 16.8 Å². The van der Waals surface area contributed by atoms with Crippen LogP contribution in [0.5, 0.6) is 5.75 Å². The van der Waals surface area contributed by atoms with Gasteiger partial charge in [0.15, 0.2) is 9.84 Å². The minimum absolute atomic E-state index is 0.0141. The SMILES string of the molecule is COc1ccc(C)cc1S(=O)(=O)N(C[C@H]1CCCO1)[C@@H]1CCS(=O)(=O)C1. The van der Waals surface area contributed by atoms with Gasteiger partial charge in [0, 0.05) is 19.2 Å². The number of nitrogens with zero attached hydrogens (tertiary/aromatic N) is 1. The molecule has 146 valence electrons. The van der Waals surface area contributed by atoms with Crippen molar-refractivity contribution >= 4 is 19.9 Å². The van der Waals surface area contributed by atoms with Gasteiger partial charge in [0.05, 0.1) is 24.7 Å². The fourth-order valence-electron chi connectivity index (χ4n) is 3.55. The van der Waals surface area contributed by atoms with Gasteiger partial charge in [-0.1, -0.05) is 6.07 Å². The van der Waals surface area contributed by atoms with E-state index in [-0.39, 0.29) is 34.8 Å². The number of hydrogen-bond acceptors (Lipinski definition) is 6. The summed E-state index contributed by atoms with van der Waals surface area (Å²) in [5.74, 6) is 0.126. The zero-order valence-electron chi connectivity index (χ0n) is 15.0. The molecule has 0 N–H and O–H groups in total. The standard InChI is InChI=1S/C17H25NO6S2/c1-13-5-6-16(23-2)17(10-13)26(21,22)18(11-15-4-3-8-24-15)14-7-9-25(19,20)12-14/h5-6,10,14-15H,3-4,7-9,11-12H2,1-2H3/t14-,15-/m1/s1. The number of rotatable bonds is 6. The normalized spacial score (nSPS) is 25.7. The van der Waals surface area contributed by atoms with Crippen LogP contribution in [0.4, 0.5) is 0 Å². The molecule has 0 bridgehead atoms. The topological polar surface area (TPSA) is 90.0 Å². The third kappa shape index (κ3) is 4.05. The summed E-state index contributed by atoms with van der Waals surface area (Å²) in [6.07, 6.45) is 1.76. The van der Waals surface area contributed by atoms with E-state index >= 15 is 0 Å². The van der Waals surface area contributed by atoms with Crippen LogP contribution in [0.25, 0.3) is 0 Å². The Balaban J connectivity index is 2.00. The fraction of sp³-hybridized carbons (Fsp3) is 0.647. The van der Waals surface area contributed by atoms with Crippen LogP contribution in [0.2, 0.25) is 0 Å². The van der Waals surface area contributed by atoms with E-state index in [2.05, 4.69) is 0 Å². The van der Waals surface area contributed by atoms with E-state index in [1.807, 2.05) is 6.92 Å². The summed E-state index contributed by atoms with van der Waals surface area (Å²) in [4.78, 5) is 0.0716. The second kappa shape index (κ2) is 7.46. The molecular weight excluding hydrogens is 378 g/mol. The maximum atomic E-state index is 13.4. The van der Waals surface area contributed by atoms with Crippen LogP contribution in [0.15, 0.2) is 23.1 Å². The van der Waals surface area contributed by atoms with E-state index in [1.165, 1.54) is 11.4 Å². The molecule has 0 aliphatic carbocycles. The van der Waals surface area contributed by atoms with Crippen LogP contribution in [-0.4, -0.2) is 65.1 Å². The van der Waals surface area contributed by atoms with Gasteiger partial charge in [0.1, 0.15) is 10.6 Å². The Morgan fingerprint density at radius 2 is 2.08 bits per heavy atom. The first kappa shape index (κ1) is 19.6. The third-order valence-corrected chi connectivity index (χ3v) is 8.62. The van der Waals surface area contributed by atoms with Crippen molar-refractivity contribution in [2.24, 2.45) is 0 Å². The molecular formula is C17H25NO6S2. The van der Waals surface area contributed by atoms with Crippen molar-refractivity contribution < 1.29 is 26.3 Å². The van der Waals surface area contributed by atoms with Gasteiger partial charge in [-0.3, -0.25) is 0 Å². The predicted octanol–water partition coefficient (Wildman–Crippen LogP) is 1.36. The molecule has 7 nitrogen and oxygen atoms in total. The first-order valence-corrected chi connectivity index (χ1v) is 12.0. The lowest BCUT2D eigenvalue weighted by Gasteiger charge is -2.30. The van der Waals surface area contributed by atoms with Crippen molar-refractivity contribution in [2.75, 3.05) is 31.8 Å². The number of sulfonamides is 1. The van der Waals surface area contributed by atoms with E-state index in [0.29, 0.717) is 13.0 Å². The van der Waals surface area contributed by atoms with Crippen molar-refractivity contribution in [3.8, 4) is 5.75 Å². The molecule has 0 aromatic heterocycles. The lowest BCUT2D eigenvalue weighted by molar-refractivity contribution is 0.0876. The molecule has 0 unspecified atom stereocenters. The lowest BCUT2D eigenvalue weighted by Crippen LogP contribution is -2.45. The summed E-state index contributed by atoms with van der Waals surface area (Å²) in [6.45, 7) is 2.58. The van der Waals surface area contributed by atoms with E-state index in [1.54, 1.807) is 18.2 Å². The lowest BCUT2D eigenvalue weighted by atomic mass is 10.2. The fourth-order valence-corrected chi connectivity index (χ4v) is 7.30. The number of aryl methyl sites for hydroxylation is 1. The molecule has 3 rings (SSSR count). The zero-order valence-corrected chi connectivity index (χ0v) is 16.7. The third-order valence-electron chi connectivity index (χ3n) is 4.93. The molecule has 2 saturated heterocycles. The van der Waals surface area contributed by atoms with Crippen LogP contribution in [0.3, 0.4) is 0 Å². The Labute approximate surface area is 155 Å². The summed E-state index contributed by atoms with van der Waals surface area (Å²) in [5.41, 5.74) is 0.792.